The van der Waals surface area contributed by atoms with Crippen LogP contribution in [0.1, 0.15) is 31.2 Å². The fourth-order valence-corrected chi connectivity index (χ4v) is 3.52. The minimum atomic E-state index is -4.49. The highest BCUT2D eigenvalue weighted by atomic mass is 19.4. The van der Waals surface area contributed by atoms with Gasteiger partial charge in [0.05, 0.1) is 5.56 Å². The molecule has 4 nitrogen and oxygen atoms in total. The Bertz CT molecular complexity index is 646. The van der Waals surface area contributed by atoms with Crippen LogP contribution < -0.4 is 4.90 Å². The number of likely N-dealkylation sites (tertiary alicyclic amines) is 1. The van der Waals surface area contributed by atoms with Crippen LogP contribution in [0.5, 0.6) is 0 Å². The van der Waals surface area contributed by atoms with Crippen molar-refractivity contribution in [3.05, 3.63) is 23.9 Å². The van der Waals surface area contributed by atoms with Gasteiger partial charge >= 0.3 is 6.18 Å². The fourth-order valence-electron chi connectivity index (χ4n) is 3.52. The lowest BCUT2D eigenvalue weighted by atomic mass is 9.93. The van der Waals surface area contributed by atoms with Crippen molar-refractivity contribution in [1.82, 2.24) is 9.88 Å². The minimum absolute atomic E-state index is 0.0323. The second-order valence-corrected chi connectivity index (χ2v) is 6.81. The smallest absolute Gasteiger partial charge is 0.356 e. The van der Waals surface area contributed by atoms with E-state index in [1.165, 1.54) is 22.1 Å². The standard InChI is InChI=1S/C17H20F5N3O/c18-16(19)5-10-25(11-6-16)15(26)12-3-8-24(9-4-12)14-13(17(20,21)22)2-1-7-23-14/h1-2,7,12H,3-6,8-11H2. The van der Waals surface area contributed by atoms with Crippen molar-refractivity contribution in [2.75, 3.05) is 31.1 Å². The van der Waals surface area contributed by atoms with Crippen LogP contribution in [-0.2, 0) is 11.0 Å². The Morgan fingerprint density at radius 2 is 1.73 bits per heavy atom. The maximum atomic E-state index is 13.2. The summed E-state index contributed by atoms with van der Waals surface area (Å²) in [6.45, 7) is 0.621. The predicted molar refractivity (Wildman–Crippen MR) is 84.9 cm³/mol. The van der Waals surface area contributed by atoms with Crippen molar-refractivity contribution in [3.8, 4) is 0 Å². The number of halogens is 5. The number of piperidine rings is 2. The first-order valence-corrected chi connectivity index (χ1v) is 8.61. The average molecular weight is 377 g/mol. The summed E-state index contributed by atoms with van der Waals surface area (Å²) in [4.78, 5) is 19.4. The number of alkyl halides is 5. The number of aromatic nitrogens is 1. The van der Waals surface area contributed by atoms with Gasteiger partial charge in [-0.2, -0.15) is 13.2 Å². The lowest BCUT2D eigenvalue weighted by Gasteiger charge is -2.38. The minimum Gasteiger partial charge on any atom is -0.356 e. The number of amides is 1. The Hall–Kier alpha value is -1.93. The van der Waals surface area contributed by atoms with Crippen LogP contribution in [0.4, 0.5) is 27.8 Å². The van der Waals surface area contributed by atoms with E-state index in [0.29, 0.717) is 12.8 Å². The highest BCUT2D eigenvalue weighted by Gasteiger charge is 2.39. The van der Waals surface area contributed by atoms with E-state index in [-0.39, 0.29) is 56.7 Å². The van der Waals surface area contributed by atoms with E-state index in [0.717, 1.165) is 6.07 Å². The summed E-state index contributed by atoms with van der Waals surface area (Å²) in [6.07, 6.45) is -3.06. The maximum absolute atomic E-state index is 13.2. The van der Waals surface area contributed by atoms with Crippen LogP contribution in [0.25, 0.3) is 0 Å². The summed E-state index contributed by atoms with van der Waals surface area (Å²) >= 11 is 0. The Kier molecular flexibility index (Phi) is 5.07. The lowest BCUT2D eigenvalue weighted by Crippen LogP contribution is -2.47. The van der Waals surface area contributed by atoms with Gasteiger partial charge in [-0.05, 0) is 25.0 Å². The summed E-state index contributed by atoms with van der Waals surface area (Å²) in [5.41, 5.74) is -0.789. The summed E-state index contributed by atoms with van der Waals surface area (Å²) < 4.78 is 65.8. The fraction of sp³-hybridized carbons (Fsp3) is 0.647. The molecule has 9 heteroatoms. The Balaban J connectivity index is 1.61. The van der Waals surface area contributed by atoms with Gasteiger partial charge in [-0.1, -0.05) is 0 Å². The molecule has 1 aromatic rings. The molecule has 0 aliphatic carbocycles. The highest BCUT2D eigenvalue weighted by Crippen LogP contribution is 2.37. The molecule has 144 valence electrons. The summed E-state index contributed by atoms with van der Waals surface area (Å²) in [5, 5.41) is 0. The van der Waals surface area contributed by atoms with E-state index in [4.69, 9.17) is 0 Å². The quantitative estimate of drug-likeness (QED) is 0.740. The predicted octanol–water partition coefficient (Wildman–Crippen LogP) is 3.57. The van der Waals surface area contributed by atoms with Gasteiger partial charge < -0.3 is 9.80 Å². The molecule has 0 unspecified atom stereocenters. The third-order valence-corrected chi connectivity index (χ3v) is 5.04. The van der Waals surface area contributed by atoms with Crippen LogP contribution in [-0.4, -0.2) is 47.9 Å². The van der Waals surface area contributed by atoms with Gasteiger partial charge in [0.2, 0.25) is 5.91 Å². The van der Waals surface area contributed by atoms with E-state index in [9.17, 15) is 26.7 Å². The van der Waals surface area contributed by atoms with E-state index in [1.54, 1.807) is 0 Å². The van der Waals surface area contributed by atoms with Crippen molar-refractivity contribution in [2.24, 2.45) is 5.92 Å². The first-order valence-electron chi connectivity index (χ1n) is 8.61. The number of rotatable bonds is 2. The van der Waals surface area contributed by atoms with Crippen LogP contribution in [0.2, 0.25) is 0 Å². The largest absolute Gasteiger partial charge is 0.419 e. The second-order valence-electron chi connectivity index (χ2n) is 6.81. The zero-order valence-corrected chi connectivity index (χ0v) is 14.1. The van der Waals surface area contributed by atoms with E-state index in [2.05, 4.69) is 4.98 Å². The average Bonchev–Trinajstić information content (AvgIpc) is 2.61. The van der Waals surface area contributed by atoms with Gasteiger partial charge in [0, 0.05) is 51.1 Å². The lowest BCUT2D eigenvalue weighted by molar-refractivity contribution is -0.142. The van der Waals surface area contributed by atoms with Crippen molar-refractivity contribution in [3.63, 3.8) is 0 Å². The van der Waals surface area contributed by atoms with E-state index in [1.807, 2.05) is 0 Å². The molecular weight excluding hydrogens is 357 g/mol. The van der Waals surface area contributed by atoms with Crippen LogP contribution in [0, 0.1) is 5.92 Å². The molecule has 2 fully saturated rings. The SMILES string of the molecule is O=C(C1CCN(c2ncccc2C(F)(F)F)CC1)N1CCC(F)(F)CC1. The normalized spacial score (nSPS) is 21.7. The molecule has 0 spiro atoms. The van der Waals surface area contributed by atoms with Crippen LogP contribution in [0.15, 0.2) is 18.3 Å². The zero-order valence-electron chi connectivity index (χ0n) is 14.1. The van der Waals surface area contributed by atoms with Crippen molar-refractivity contribution in [2.45, 2.75) is 37.8 Å². The molecule has 3 heterocycles. The first-order chi connectivity index (χ1) is 12.2. The van der Waals surface area contributed by atoms with Gasteiger partial charge in [0.15, 0.2) is 0 Å². The molecule has 1 aromatic heterocycles. The molecule has 26 heavy (non-hydrogen) atoms. The maximum Gasteiger partial charge on any atom is 0.419 e. The molecule has 3 rings (SSSR count). The molecule has 2 aliphatic heterocycles. The molecular formula is C17H20F5N3O. The third-order valence-electron chi connectivity index (χ3n) is 5.04. The molecule has 0 aromatic carbocycles. The molecule has 1 amide bonds. The topological polar surface area (TPSA) is 36.4 Å². The molecule has 2 aliphatic rings. The number of carbonyl (C=O) groups is 1. The van der Waals surface area contributed by atoms with Crippen molar-refractivity contribution in [1.29, 1.82) is 0 Å². The molecule has 0 radical (unpaired) electrons. The van der Waals surface area contributed by atoms with Gasteiger partial charge in [-0.15, -0.1) is 0 Å². The van der Waals surface area contributed by atoms with Crippen molar-refractivity contribution < 1.29 is 26.7 Å². The number of hydrogen-bond acceptors (Lipinski definition) is 3. The monoisotopic (exact) mass is 377 g/mol. The number of hydrogen-bond donors (Lipinski definition) is 0. The van der Waals surface area contributed by atoms with Crippen molar-refractivity contribution >= 4 is 11.7 Å². The van der Waals surface area contributed by atoms with Crippen LogP contribution in [0.3, 0.4) is 0 Å². The van der Waals surface area contributed by atoms with E-state index < -0.39 is 17.7 Å². The van der Waals surface area contributed by atoms with Crippen LogP contribution >= 0.6 is 0 Å². The van der Waals surface area contributed by atoms with Gasteiger partial charge in [-0.25, -0.2) is 13.8 Å². The molecule has 0 saturated carbocycles. The highest BCUT2D eigenvalue weighted by molar-refractivity contribution is 5.79. The molecule has 0 N–H and O–H groups in total. The molecule has 2 saturated heterocycles. The van der Waals surface area contributed by atoms with Gasteiger partial charge in [0.25, 0.3) is 5.92 Å². The number of anilines is 1. The van der Waals surface area contributed by atoms with Gasteiger partial charge in [0.1, 0.15) is 5.82 Å². The number of pyridine rings is 1. The molecule has 0 atom stereocenters. The van der Waals surface area contributed by atoms with E-state index >= 15 is 0 Å². The molecule has 0 bridgehead atoms. The number of nitrogens with zero attached hydrogens (tertiary/aromatic N) is 3. The summed E-state index contributed by atoms with van der Waals surface area (Å²) in [5.74, 6) is -3.34. The Labute approximate surface area is 148 Å². The first kappa shape index (κ1) is 18.8. The summed E-state index contributed by atoms with van der Waals surface area (Å²) in [7, 11) is 0. The van der Waals surface area contributed by atoms with Gasteiger partial charge in [-0.3, -0.25) is 4.79 Å². The second kappa shape index (κ2) is 7.00. The Morgan fingerprint density at radius 3 is 2.31 bits per heavy atom. The number of carbonyl (C=O) groups excluding carboxylic acids is 1. The summed E-state index contributed by atoms with van der Waals surface area (Å²) in [6, 6.07) is 2.24. The third kappa shape index (κ3) is 4.07. The Morgan fingerprint density at radius 1 is 1.12 bits per heavy atom. The zero-order chi connectivity index (χ0) is 18.9.